The third-order valence-electron chi connectivity index (χ3n) is 3.27. The zero-order valence-electron chi connectivity index (χ0n) is 11.8. The van der Waals surface area contributed by atoms with Gasteiger partial charge in [0.2, 0.25) is 0 Å². The third kappa shape index (κ3) is 2.44. The molecule has 23 heavy (non-hydrogen) atoms. The zero-order chi connectivity index (χ0) is 15.6. The second-order valence-corrected chi connectivity index (χ2v) is 4.77. The van der Waals surface area contributed by atoms with E-state index >= 15 is 0 Å². The zero-order valence-corrected chi connectivity index (χ0v) is 11.8. The number of hydrogen-bond donors (Lipinski definition) is 1. The van der Waals surface area contributed by atoms with Gasteiger partial charge in [0.25, 0.3) is 0 Å². The van der Waals surface area contributed by atoms with Gasteiger partial charge in [-0.3, -0.25) is 15.0 Å². The molecular weight excluding hydrogens is 292 g/mol. The van der Waals surface area contributed by atoms with Crippen molar-refractivity contribution >= 4 is 11.2 Å². The summed E-state index contributed by atoms with van der Waals surface area (Å²) >= 11 is 0. The lowest BCUT2D eigenvalue weighted by Crippen LogP contribution is -2.11. The lowest BCUT2D eigenvalue weighted by molar-refractivity contribution is 1.07. The van der Waals surface area contributed by atoms with Crippen molar-refractivity contribution in [2.45, 2.75) is 0 Å². The lowest BCUT2D eigenvalue weighted by atomic mass is 10.1. The summed E-state index contributed by atoms with van der Waals surface area (Å²) in [5, 5.41) is 0. The molecule has 0 fully saturated rings. The monoisotopic (exact) mass is 302 g/mol. The predicted octanol–water partition coefficient (Wildman–Crippen LogP) is 1.84. The molecule has 0 radical (unpaired) electrons. The van der Waals surface area contributed by atoms with E-state index < -0.39 is 5.69 Å². The van der Waals surface area contributed by atoms with Crippen LogP contribution in [0.5, 0.6) is 0 Å². The molecule has 4 aromatic heterocycles. The van der Waals surface area contributed by atoms with E-state index in [2.05, 4.69) is 29.9 Å². The number of aromatic nitrogens is 6. The Morgan fingerprint density at radius 3 is 2.04 bits per heavy atom. The van der Waals surface area contributed by atoms with E-state index in [1.54, 1.807) is 12.4 Å². The van der Waals surface area contributed by atoms with Crippen molar-refractivity contribution in [3.05, 3.63) is 65.5 Å². The molecule has 1 N–H and O–H groups in total. The smallest absolute Gasteiger partial charge is 0.289 e. The molecule has 0 aromatic carbocycles. The second-order valence-electron chi connectivity index (χ2n) is 4.77. The first-order chi connectivity index (χ1) is 11.3. The average molecular weight is 302 g/mol. The summed E-state index contributed by atoms with van der Waals surface area (Å²) in [6.45, 7) is 0. The molecule has 7 heteroatoms. The summed E-state index contributed by atoms with van der Waals surface area (Å²) in [6, 6.07) is 11.1. The minimum atomic E-state index is -0.468. The molecule has 0 spiro atoms. The van der Waals surface area contributed by atoms with Crippen molar-refractivity contribution < 1.29 is 0 Å². The van der Waals surface area contributed by atoms with Crippen LogP contribution < -0.4 is 5.69 Å². The molecule has 0 aliphatic carbocycles. The van der Waals surface area contributed by atoms with Crippen molar-refractivity contribution in [2.75, 3.05) is 0 Å². The summed E-state index contributed by atoms with van der Waals surface area (Å²) in [5.74, 6) is 0. The van der Waals surface area contributed by atoms with E-state index in [0.29, 0.717) is 33.9 Å². The first-order valence-electron chi connectivity index (χ1n) is 6.91. The number of aromatic amines is 1. The quantitative estimate of drug-likeness (QED) is 0.606. The van der Waals surface area contributed by atoms with Crippen molar-refractivity contribution in [1.82, 2.24) is 29.9 Å². The first-order valence-corrected chi connectivity index (χ1v) is 6.91. The van der Waals surface area contributed by atoms with Crippen LogP contribution in [0, 0.1) is 0 Å². The molecule has 0 bridgehead atoms. The molecule has 0 aliphatic heterocycles. The van der Waals surface area contributed by atoms with Crippen LogP contribution in [0.4, 0.5) is 0 Å². The second kappa shape index (κ2) is 5.38. The van der Waals surface area contributed by atoms with Crippen LogP contribution in [-0.2, 0) is 0 Å². The van der Waals surface area contributed by atoms with Gasteiger partial charge in [0.1, 0.15) is 16.9 Å². The van der Waals surface area contributed by atoms with Crippen molar-refractivity contribution in [3.63, 3.8) is 0 Å². The normalized spacial score (nSPS) is 10.8. The van der Waals surface area contributed by atoms with Gasteiger partial charge in [-0.1, -0.05) is 12.1 Å². The number of hydrogen-bond acceptors (Lipinski definition) is 6. The Kier molecular flexibility index (Phi) is 3.09. The molecule has 110 valence electrons. The summed E-state index contributed by atoms with van der Waals surface area (Å²) in [7, 11) is 0. The molecule has 0 saturated carbocycles. The average Bonchev–Trinajstić information content (AvgIpc) is 2.62. The van der Waals surface area contributed by atoms with Gasteiger partial charge in [0, 0.05) is 12.4 Å². The fraction of sp³-hybridized carbons (Fsp3) is 0. The highest BCUT2D eigenvalue weighted by Crippen LogP contribution is 2.27. The van der Waals surface area contributed by atoms with Gasteiger partial charge in [-0.05, 0) is 24.3 Å². The minimum Gasteiger partial charge on any atom is -0.289 e. The topological polar surface area (TPSA) is 97.3 Å². The van der Waals surface area contributed by atoms with E-state index in [0.717, 1.165) is 0 Å². The van der Waals surface area contributed by atoms with E-state index in [1.807, 2.05) is 36.4 Å². The third-order valence-corrected chi connectivity index (χ3v) is 3.27. The summed E-state index contributed by atoms with van der Waals surface area (Å²) in [5.41, 5.74) is 2.86. The Morgan fingerprint density at radius 2 is 1.43 bits per heavy atom. The first kappa shape index (κ1) is 13.2. The maximum Gasteiger partial charge on any atom is 0.346 e. The predicted molar refractivity (Wildman–Crippen MR) is 84.4 cm³/mol. The molecule has 4 aromatic rings. The SMILES string of the molecule is O=c1ncc2nc(-c3ccccn3)c(-c3ccccn3)nc2[nH]1. The van der Waals surface area contributed by atoms with Crippen LogP contribution in [0.2, 0.25) is 0 Å². The van der Waals surface area contributed by atoms with Crippen LogP contribution in [-0.4, -0.2) is 29.9 Å². The Labute approximate surface area is 130 Å². The molecule has 4 rings (SSSR count). The number of H-pyrrole nitrogens is 1. The van der Waals surface area contributed by atoms with Gasteiger partial charge in [0.15, 0.2) is 5.65 Å². The van der Waals surface area contributed by atoms with Crippen molar-refractivity contribution in [3.8, 4) is 22.8 Å². The highest BCUT2D eigenvalue weighted by molar-refractivity contribution is 5.81. The van der Waals surface area contributed by atoms with Gasteiger partial charge >= 0.3 is 5.69 Å². The van der Waals surface area contributed by atoms with Crippen LogP contribution in [0.15, 0.2) is 59.8 Å². The number of nitrogens with zero attached hydrogens (tertiary/aromatic N) is 5. The number of fused-ring (bicyclic) bond motifs is 1. The highest BCUT2D eigenvalue weighted by Gasteiger charge is 2.15. The van der Waals surface area contributed by atoms with Crippen LogP contribution in [0.1, 0.15) is 0 Å². The van der Waals surface area contributed by atoms with Crippen molar-refractivity contribution in [1.29, 1.82) is 0 Å². The van der Waals surface area contributed by atoms with E-state index in [9.17, 15) is 4.79 Å². The summed E-state index contributed by atoms with van der Waals surface area (Å²) in [4.78, 5) is 35.5. The lowest BCUT2D eigenvalue weighted by Gasteiger charge is -2.08. The van der Waals surface area contributed by atoms with Crippen molar-refractivity contribution in [2.24, 2.45) is 0 Å². The van der Waals surface area contributed by atoms with Gasteiger partial charge in [-0.15, -0.1) is 0 Å². The molecule has 0 unspecified atom stereocenters. The fourth-order valence-electron chi connectivity index (χ4n) is 2.25. The molecule has 0 atom stereocenters. The molecule has 0 amide bonds. The number of nitrogens with one attached hydrogen (secondary N) is 1. The van der Waals surface area contributed by atoms with E-state index in [4.69, 9.17) is 0 Å². The molecule has 0 aliphatic rings. The van der Waals surface area contributed by atoms with Gasteiger partial charge < -0.3 is 0 Å². The highest BCUT2D eigenvalue weighted by atomic mass is 16.1. The van der Waals surface area contributed by atoms with Crippen LogP contribution in [0.25, 0.3) is 33.9 Å². The van der Waals surface area contributed by atoms with E-state index in [-0.39, 0.29) is 0 Å². The molecule has 7 nitrogen and oxygen atoms in total. The molecular formula is C16H10N6O. The standard InChI is InChI=1S/C16H10N6O/c23-16-19-9-12-15(22-16)21-14(11-6-2-4-8-18-11)13(20-12)10-5-1-3-7-17-10/h1-9H,(H,19,21,22,23). The molecule has 0 saturated heterocycles. The van der Waals surface area contributed by atoms with E-state index in [1.165, 1.54) is 6.20 Å². The van der Waals surface area contributed by atoms with Gasteiger partial charge in [-0.2, -0.15) is 4.98 Å². The minimum absolute atomic E-state index is 0.366. The largest absolute Gasteiger partial charge is 0.346 e. The molecule has 4 heterocycles. The maximum atomic E-state index is 11.4. The number of pyridine rings is 2. The Balaban J connectivity index is 2.06. The Hall–Kier alpha value is -3.48. The fourth-order valence-corrected chi connectivity index (χ4v) is 2.25. The van der Waals surface area contributed by atoms with Crippen LogP contribution in [0.3, 0.4) is 0 Å². The van der Waals surface area contributed by atoms with Gasteiger partial charge in [0.05, 0.1) is 17.6 Å². The summed E-state index contributed by atoms with van der Waals surface area (Å²) in [6.07, 6.45) is 4.77. The Bertz CT molecular complexity index is 1030. The maximum absolute atomic E-state index is 11.4. The summed E-state index contributed by atoms with van der Waals surface area (Å²) < 4.78 is 0. The number of rotatable bonds is 2. The Morgan fingerprint density at radius 1 is 0.783 bits per heavy atom. The van der Waals surface area contributed by atoms with Gasteiger partial charge in [-0.25, -0.2) is 14.8 Å². The van der Waals surface area contributed by atoms with Crippen LogP contribution >= 0.6 is 0 Å².